The molecule has 2 aromatic carbocycles. The number of phenols is 1. The molecule has 0 saturated heterocycles. The molecule has 0 bridgehead atoms. The Labute approximate surface area is 166 Å². The number of rotatable bonds is 3. The fourth-order valence-corrected chi connectivity index (χ4v) is 3.74. The maximum Gasteiger partial charge on any atom is 0.302 e. The van der Waals surface area contributed by atoms with Crippen LogP contribution in [0.4, 0.5) is 8.78 Å². The van der Waals surface area contributed by atoms with Gasteiger partial charge >= 0.3 is 5.92 Å². The number of furan rings is 1. The number of alkyl halides is 2. The van der Waals surface area contributed by atoms with E-state index in [-0.39, 0.29) is 47.7 Å². The lowest BCUT2D eigenvalue weighted by molar-refractivity contribution is -0.00469. The lowest BCUT2D eigenvalue weighted by atomic mass is 9.79. The third-order valence-electron chi connectivity index (χ3n) is 3.80. The van der Waals surface area contributed by atoms with Crippen molar-refractivity contribution in [3.05, 3.63) is 50.1 Å². The van der Waals surface area contributed by atoms with Crippen LogP contribution in [0.1, 0.15) is 28.6 Å². The van der Waals surface area contributed by atoms with Crippen LogP contribution in [0.25, 0.3) is 11.0 Å². The highest BCUT2D eigenvalue weighted by molar-refractivity contribution is 9.11. The summed E-state index contributed by atoms with van der Waals surface area (Å²) in [5.74, 6) is -5.00. The van der Waals surface area contributed by atoms with Crippen molar-refractivity contribution >= 4 is 75.2 Å². The maximum absolute atomic E-state index is 14.1. The standard InChI is InChI=1S/C17H8B2Br2F2O3/c1-17(22,23)16-13(7-4-8(18)9(19)5-12(7)26-16)14(24)6-2-10(20)15(25)11(21)3-6/h2-5,25H,1H3. The fourth-order valence-electron chi connectivity index (χ4n) is 2.55. The first-order valence-corrected chi connectivity index (χ1v) is 8.81. The predicted molar refractivity (Wildman–Crippen MR) is 103 cm³/mol. The van der Waals surface area contributed by atoms with Crippen LogP contribution in [0.15, 0.2) is 37.6 Å². The zero-order valence-corrected chi connectivity index (χ0v) is 16.4. The number of benzene rings is 2. The van der Waals surface area contributed by atoms with Gasteiger partial charge in [-0.05, 0) is 50.1 Å². The van der Waals surface area contributed by atoms with Gasteiger partial charge in [0.1, 0.15) is 27.0 Å². The van der Waals surface area contributed by atoms with Gasteiger partial charge < -0.3 is 9.52 Å². The molecule has 0 fully saturated rings. The Kier molecular flexibility index (Phi) is 4.82. The van der Waals surface area contributed by atoms with E-state index in [1.54, 1.807) is 0 Å². The van der Waals surface area contributed by atoms with Gasteiger partial charge in [0.05, 0.1) is 14.5 Å². The molecule has 0 unspecified atom stereocenters. The Hall–Kier alpha value is -1.60. The zero-order chi connectivity index (χ0) is 19.4. The molecule has 0 amide bonds. The van der Waals surface area contributed by atoms with Crippen molar-refractivity contribution in [2.75, 3.05) is 0 Å². The molecule has 128 valence electrons. The predicted octanol–water partition coefficient (Wildman–Crippen LogP) is 3.59. The van der Waals surface area contributed by atoms with Crippen molar-refractivity contribution < 1.29 is 23.1 Å². The lowest BCUT2D eigenvalue weighted by Gasteiger charge is -2.10. The highest BCUT2D eigenvalue weighted by Crippen LogP contribution is 2.39. The molecule has 1 heterocycles. The van der Waals surface area contributed by atoms with E-state index < -0.39 is 17.5 Å². The van der Waals surface area contributed by atoms with Gasteiger partial charge in [0.15, 0.2) is 11.5 Å². The molecule has 26 heavy (non-hydrogen) atoms. The smallest absolute Gasteiger partial charge is 0.302 e. The molecule has 0 spiro atoms. The lowest BCUT2D eigenvalue weighted by Crippen LogP contribution is -2.25. The summed E-state index contributed by atoms with van der Waals surface area (Å²) in [7, 11) is 11.5. The van der Waals surface area contributed by atoms with Gasteiger partial charge in [0, 0.05) is 17.9 Å². The second-order valence-corrected chi connectivity index (χ2v) is 7.50. The van der Waals surface area contributed by atoms with E-state index >= 15 is 0 Å². The van der Waals surface area contributed by atoms with E-state index in [0.29, 0.717) is 6.92 Å². The summed E-state index contributed by atoms with van der Waals surface area (Å²) in [6.07, 6.45) is 0. The highest BCUT2D eigenvalue weighted by Gasteiger charge is 2.37. The Morgan fingerprint density at radius 2 is 1.65 bits per heavy atom. The Morgan fingerprint density at radius 3 is 2.19 bits per heavy atom. The molecule has 3 rings (SSSR count). The van der Waals surface area contributed by atoms with Gasteiger partial charge in [-0.1, -0.05) is 11.5 Å². The number of carbonyl (C=O) groups is 1. The number of aromatic hydroxyl groups is 1. The molecule has 0 aliphatic carbocycles. The number of ketones is 1. The van der Waals surface area contributed by atoms with Crippen molar-refractivity contribution in [3.8, 4) is 5.75 Å². The summed E-state index contributed by atoms with van der Waals surface area (Å²) in [6, 6.07) is 5.31. The normalized spacial score (nSPS) is 11.9. The average Bonchev–Trinajstić information content (AvgIpc) is 2.90. The van der Waals surface area contributed by atoms with Crippen molar-refractivity contribution in [2.45, 2.75) is 12.8 Å². The minimum absolute atomic E-state index is 0.0356. The molecule has 9 heteroatoms. The van der Waals surface area contributed by atoms with E-state index in [1.165, 1.54) is 24.3 Å². The Morgan fingerprint density at radius 1 is 1.12 bits per heavy atom. The van der Waals surface area contributed by atoms with Crippen molar-refractivity contribution in [3.63, 3.8) is 0 Å². The first-order chi connectivity index (χ1) is 12.0. The Bertz CT molecular complexity index is 1040. The van der Waals surface area contributed by atoms with E-state index in [1.807, 2.05) is 0 Å². The van der Waals surface area contributed by atoms with Crippen LogP contribution in [0.5, 0.6) is 5.75 Å². The molecule has 1 aromatic heterocycles. The Balaban J connectivity index is 2.32. The number of carbonyl (C=O) groups excluding carboxylic acids is 1. The molecule has 0 aliphatic rings. The topological polar surface area (TPSA) is 50.4 Å². The molecule has 1 N–H and O–H groups in total. The zero-order valence-electron chi connectivity index (χ0n) is 13.2. The first-order valence-electron chi connectivity index (χ1n) is 7.23. The van der Waals surface area contributed by atoms with Crippen LogP contribution in [-0.4, -0.2) is 26.6 Å². The van der Waals surface area contributed by atoms with Gasteiger partial charge in [0.2, 0.25) is 0 Å². The van der Waals surface area contributed by atoms with Crippen molar-refractivity contribution in [2.24, 2.45) is 0 Å². The molecule has 0 aliphatic heterocycles. The van der Waals surface area contributed by atoms with Crippen LogP contribution in [-0.2, 0) is 5.92 Å². The summed E-state index contributed by atoms with van der Waals surface area (Å²) in [5.41, 5.74) is 0.111. The van der Waals surface area contributed by atoms with Crippen molar-refractivity contribution in [1.29, 1.82) is 0 Å². The van der Waals surface area contributed by atoms with Gasteiger partial charge in [-0.2, -0.15) is 8.78 Å². The third-order valence-corrected chi connectivity index (χ3v) is 5.01. The number of hydrogen-bond acceptors (Lipinski definition) is 3. The van der Waals surface area contributed by atoms with Crippen LogP contribution in [0.2, 0.25) is 0 Å². The molecule has 0 saturated carbocycles. The minimum Gasteiger partial charge on any atom is -0.506 e. The number of fused-ring (bicyclic) bond motifs is 1. The summed E-state index contributed by atoms with van der Waals surface area (Å²) in [6.45, 7) is 0.636. The van der Waals surface area contributed by atoms with Crippen LogP contribution in [0.3, 0.4) is 0 Å². The van der Waals surface area contributed by atoms with Gasteiger partial charge in [0.25, 0.3) is 0 Å². The molecular formula is C17H8B2Br2F2O3. The average molecular weight is 480 g/mol. The SMILES string of the molecule is [B]c1cc2oc(C(C)(F)F)c(C(=O)c3cc(Br)c(O)c(Br)c3)c2cc1[B]. The van der Waals surface area contributed by atoms with Gasteiger partial charge in [-0.15, -0.1) is 5.46 Å². The number of phenolic OH excluding ortho intramolecular Hbond substituents is 1. The van der Waals surface area contributed by atoms with E-state index in [0.717, 1.165) is 0 Å². The number of hydrogen-bond donors (Lipinski definition) is 1. The quantitative estimate of drug-likeness (QED) is 0.461. The highest BCUT2D eigenvalue weighted by atomic mass is 79.9. The van der Waals surface area contributed by atoms with E-state index in [2.05, 4.69) is 31.9 Å². The maximum atomic E-state index is 14.1. The van der Waals surface area contributed by atoms with Crippen molar-refractivity contribution in [1.82, 2.24) is 0 Å². The van der Waals surface area contributed by atoms with Crippen LogP contribution < -0.4 is 10.9 Å². The summed E-state index contributed by atoms with van der Waals surface area (Å²) < 4.78 is 33.9. The first kappa shape index (κ1) is 19.2. The van der Waals surface area contributed by atoms with Gasteiger partial charge in [-0.3, -0.25) is 4.79 Å². The molecule has 3 aromatic rings. The molecule has 3 nitrogen and oxygen atoms in total. The second-order valence-electron chi connectivity index (χ2n) is 5.79. The minimum atomic E-state index is -3.40. The molecular weight excluding hydrogens is 472 g/mol. The van der Waals surface area contributed by atoms with E-state index in [9.17, 15) is 18.7 Å². The summed E-state index contributed by atoms with van der Waals surface area (Å²) >= 11 is 6.23. The van der Waals surface area contributed by atoms with E-state index in [4.69, 9.17) is 20.1 Å². The monoisotopic (exact) mass is 478 g/mol. The van der Waals surface area contributed by atoms with Crippen LogP contribution >= 0.6 is 31.9 Å². The molecule has 4 radical (unpaired) electrons. The van der Waals surface area contributed by atoms with Gasteiger partial charge in [-0.25, -0.2) is 0 Å². The van der Waals surface area contributed by atoms with Crippen LogP contribution in [0, 0.1) is 0 Å². The fraction of sp³-hybridized carbons (Fsp3) is 0.118. The summed E-state index contributed by atoms with van der Waals surface area (Å²) in [5, 5.41) is 9.93. The second kappa shape index (κ2) is 6.53. The third kappa shape index (κ3) is 3.22. The largest absolute Gasteiger partial charge is 0.506 e. The molecule has 0 atom stereocenters. The summed E-state index contributed by atoms with van der Waals surface area (Å²) in [4.78, 5) is 13.0. The number of halogens is 4.